The summed E-state index contributed by atoms with van der Waals surface area (Å²) in [5.41, 5.74) is 0.707. The number of anilines is 1. The summed E-state index contributed by atoms with van der Waals surface area (Å²) in [5, 5.41) is 4.18. The molecule has 19 heavy (non-hydrogen) atoms. The number of sulfonamides is 1. The summed E-state index contributed by atoms with van der Waals surface area (Å²) in [6.07, 6.45) is 1.75. The molecular formula is C13H17N3O2S. The van der Waals surface area contributed by atoms with E-state index in [2.05, 4.69) is 9.82 Å². The van der Waals surface area contributed by atoms with Gasteiger partial charge in [-0.3, -0.25) is 9.40 Å². The fourth-order valence-electron chi connectivity index (χ4n) is 1.73. The summed E-state index contributed by atoms with van der Waals surface area (Å²) >= 11 is 0. The zero-order chi connectivity index (χ0) is 14.0. The van der Waals surface area contributed by atoms with E-state index in [0.29, 0.717) is 11.4 Å². The molecule has 0 amide bonds. The molecule has 5 nitrogen and oxygen atoms in total. The van der Waals surface area contributed by atoms with E-state index in [-0.39, 0.29) is 10.9 Å². The zero-order valence-electron chi connectivity index (χ0n) is 11.2. The second-order valence-electron chi connectivity index (χ2n) is 4.65. The van der Waals surface area contributed by atoms with Crippen molar-refractivity contribution in [1.29, 1.82) is 0 Å². The van der Waals surface area contributed by atoms with Gasteiger partial charge in [-0.2, -0.15) is 5.10 Å². The number of nitrogens with zero attached hydrogens (tertiary/aromatic N) is 2. The molecule has 1 heterocycles. The highest BCUT2D eigenvalue weighted by atomic mass is 32.2. The third-order valence-corrected chi connectivity index (χ3v) is 4.27. The lowest BCUT2D eigenvalue weighted by Crippen LogP contribution is -2.15. The van der Waals surface area contributed by atoms with Gasteiger partial charge >= 0.3 is 0 Å². The monoisotopic (exact) mass is 279 g/mol. The summed E-state index contributed by atoms with van der Waals surface area (Å²) in [6.45, 7) is 5.72. The number of hydrogen-bond donors (Lipinski definition) is 1. The van der Waals surface area contributed by atoms with E-state index in [9.17, 15) is 8.42 Å². The first-order chi connectivity index (χ1) is 8.90. The third kappa shape index (κ3) is 2.96. The first-order valence-corrected chi connectivity index (χ1v) is 7.52. The van der Waals surface area contributed by atoms with Gasteiger partial charge in [0.25, 0.3) is 10.0 Å². The SMILES string of the molecule is Cc1ccccc1S(=O)(=O)Nc1ccn(C(C)C)n1. The van der Waals surface area contributed by atoms with Gasteiger partial charge < -0.3 is 0 Å². The highest BCUT2D eigenvalue weighted by Gasteiger charge is 2.17. The number of benzene rings is 1. The Morgan fingerprint density at radius 1 is 1.21 bits per heavy atom. The van der Waals surface area contributed by atoms with Crippen LogP contribution in [0.25, 0.3) is 0 Å². The van der Waals surface area contributed by atoms with E-state index in [1.165, 1.54) is 0 Å². The second kappa shape index (κ2) is 5.05. The summed E-state index contributed by atoms with van der Waals surface area (Å²) in [4.78, 5) is 0.272. The van der Waals surface area contributed by atoms with Crippen LogP contribution in [-0.4, -0.2) is 18.2 Å². The second-order valence-corrected chi connectivity index (χ2v) is 6.30. The molecule has 0 aliphatic rings. The summed E-state index contributed by atoms with van der Waals surface area (Å²) in [6, 6.07) is 8.70. The van der Waals surface area contributed by atoms with Gasteiger partial charge in [0, 0.05) is 18.3 Å². The highest BCUT2D eigenvalue weighted by molar-refractivity contribution is 7.92. The Hall–Kier alpha value is -1.82. The Kier molecular flexibility index (Phi) is 3.61. The third-order valence-electron chi connectivity index (χ3n) is 2.76. The molecule has 0 fully saturated rings. The van der Waals surface area contributed by atoms with Crippen LogP contribution in [0.5, 0.6) is 0 Å². The van der Waals surface area contributed by atoms with Crippen LogP contribution in [0.15, 0.2) is 41.4 Å². The molecule has 0 spiro atoms. The Morgan fingerprint density at radius 3 is 2.47 bits per heavy atom. The molecule has 102 valence electrons. The van der Waals surface area contributed by atoms with Crippen LogP contribution in [0.3, 0.4) is 0 Å². The molecule has 6 heteroatoms. The van der Waals surface area contributed by atoms with Crippen LogP contribution < -0.4 is 4.72 Å². The average molecular weight is 279 g/mol. The van der Waals surface area contributed by atoms with Gasteiger partial charge in [0.05, 0.1) is 4.90 Å². The Bertz CT molecular complexity index is 675. The number of nitrogens with one attached hydrogen (secondary N) is 1. The minimum Gasteiger partial charge on any atom is -0.268 e. The Morgan fingerprint density at radius 2 is 1.89 bits per heavy atom. The lowest BCUT2D eigenvalue weighted by Gasteiger charge is -2.08. The number of rotatable bonds is 4. The smallest absolute Gasteiger partial charge is 0.263 e. The molecule has 0 saturated heterocycles. The average Bonchev–Trinajstić information content (AvgIpc) is 2.77. The van der Waals surface area contributed by atoms with Crippen molar-refractivity contribution in [2.75, 3.05) is 4.72 Å². The standard InChI is InChI=1S/C13H17N3O2S/c1-10(2)16-9-8-13(14-16)15-19(17,18)12-7-5-4-6-11(12)3/h4-10H,1-3H3,(H,14,15). The zero-order valence-corrected chi connectivity index (χ0v) is 12.0. The molecule has 0 saturated carbocycles. The molecule has 0 aliphatic heterocycles. The Labute approximate surface area is 113 Å². The van der Waals surface area contributed by atoms with Crippen LogP contribution >= 0.6 is 0 Å². The maximum absolute atomic E-state index is 12.2. The van der Waals surface area contributed by atoms with Crippen molar-refractivity contribution in [2.45, 2.75) is 31.7 Å². The van der Waals surface area contributed by atoms with Crippen molar-refractivity contribution in [1.82, 2.24) is 9.78 Å². The lowest BCUT2D eigenvalue weighted by atomic mass is 10.2. The van der Waals surface area contributed by atoms with Crippen molar-refractivity contribution in [2.24, 2.45) is 0 Å². The largest absolute Gasteiger partial charge is 0.268 e. The van der Waals surface area contributed by atoms with E-state index in [1.54, 1.807) is 42.1 Å². The molecule has 0 unspecified atom stereocenters. The number of aryl methyl sites for hydroxylation is 1. The van der Waals surface area contributed by atoms with Gasteiger partial charge in [-0.25, -0.2) is 8.42 Å². The van der Waals surface area contributed by atoms with Gasteiger partial charge in [-0.05, 0) is 32.4 Å². The molecule has 0 radical (unpaired) electrons. The maximum atomic E-state index is 12.2. The van der Waals surface area contributed by atoms with Crippen LogP contribution in [0.2, 0.25) is 0 Å². The van der Waals surface area contributed by atoms with Gasteiger partial charge in [0.15, 0.2) is 5.82 Å². The quantitative estimate of drug-likeness (QED) is 0.935. The topological polar surface area (TPSA) is 64.0 Å². The molecule has 0 atom stereocenters. The van der Waals surface area contributed by atoms with Gasteiger partial charge in [-0.1, -0.05) is 18.2 Å². The van der Waals surface area contributed by atoms with E-state index < -0.39 is 10.0 Å². The minimum absolute atomic E-state index is 0.191. The van der Waals surface area contributed by atoms with Crippen molar-refractivity contribution >= 4 is 15.8 Å². The normalized spacial score (nSPS) is 11.8. The number of aromatic nitrogens is 2. The summed E-state index contributed by atoms with van der Waals surface area (Å²) in [5.74, 6) is 0.331. The summed E-state index contributed by atoms with van der Waals surface area (Å²) < 4.78 is 28.7. The maximum Gasteiger partial charge on any atom is 0.263 e. The van der Waals surface area contributed by atoms with E-state index >= 15 is 0 Å². The highest BCUT2D eigenvalue weighted by Crippen LogP contribution is 2.18. The predicted molar refractivity (Wildman–Crippen MR) is 74.6 cm³/mol. The summed E-state index contributed by atoms with van der Waals surface area (Å²) in [7, 11) is -3.58. The molecule has 2 rings (SSSR count). The van der Waals surface area contributed by atoms with Crippen molar-refractivity contribution in [3.05, 3.63) is 42.1 Å². The molecule has 1 aromatic carbocycles. The predicted octanol–water partition coefficient (Wildman–Crippen LogP) is 2.57. The van der Waals surface area contributed by atoms with Crippen molar-refractivity contribution in [3.8, 4) is 0 Å². The lowest BCUT2D eigenvalue weighted by molar-refractivity contribution is 0.534. The van der Waals surface area contributed by atoms with Gasteiger partial charge in [0.2, 0.25) is 0 Å². The molecular weight excluding hydrogens is 262 g/mol. The Balaban J connectivity index is 2.29. The molecule has 0 aliphatic carbocycles. The molecule has 2 aromatic rings. The van der Waals surface area contributed by atoms with Gasteiger partial charge in [0.1, 0.15) is 0 Å². The van der Waals surface area contributed by atoms with Crippen LogP contribution in [0.4, 0.5) is 5.82 Å². The van der Waals surface area contributed by atoms with Crippen LogP contribution in [0, 0.1) is 6.92 Å². The van der Waals surface area contributed by atoms with Gasteiger partial charge in [-0.15, -0.1) is 0 Å². The molecule has 1 N–H and O–H groups in total. The number of hydrogen-bond acceptors (Lipinski definition) is 3. The minimum atomic E-state index is -3.58. The van der Waals surface area contributed by atoms with E-state index in [0.717, 1.165) is 0 Å². The molecule has 0 bridgehead atoms. The van der Waals surface area contributed by atoms with Crippen LogP contribution in [0.1, 0.15) is 25.5 Å². The first-order valence-electron chi connectivity index (χ1n) is 6.04. The fraction of sp³-hybridized carbons (Fsp3) is 0.308. The van der Waals surface area contributed by atoms with E-state index in [4.69, 9.17) is 0 Å². The van der Waals surface area contributed by atoms with Crippen molar-refractivity contribution < 1.29 is 8.42 Å². The molecule has 1 aromatic heterocycles. The fourth-order valence-corrected chi connectivity index (χ4v) is 2.97. The first kappa shape index (κ1) is 13.6. The van der Waals surface area contributed by atoms with Crippen molar-refractivity contribution in [3.63, 3.8) is 0 Å². The van der Waals surface area contributed by atoms with E-state index in [1.807, 2.05) is 19.9 Å². The van der Waals surface area contributed by atoms with Crippen LogP contribution in [-0.2, 0) is 10.0 Å².